The monoisotopic (exact) mass is 379 g/mol. The van der Waals surface area contributed by atoms with Crippen molar-refractivity contribution in [1.29, 1.82) is 0 Å². The topological polar surface area (TPSA) is 68.0 Å². The summed E-state index contributed by atoms with van der Waals surface area (Å²) in [7, 11) is 0. The van der Waals surface area contributed by atoms with Crippen molar-refractivity contribution in [2.24, 2.45) is 0 Å². The summed E-state index contributed by atoms with van der Waals surface area (Å²) >= 11 is 0.865. The minimum Gasteiger partial charge on any atom is -0.397 e. The molecule has 0 aliphatic carbocycles. The molecule has 0 saturated heterocycles. The molecule has 2 heterocycles. The molecule has 0 saturated carbocycles. The quantitative estimate of drug-likeness (QED) is 0.693. The SMILES string of the molecule is Cc1cc(C(F)(F)F)nc2sc(C(=O)N[C@H](C)c3ccccc3)c(N)c12. The van der Waals surface area contributed by atoms with Gasteiger partial charge in [-0.2, -0.15) is 13.2 Å². The molecule has 8 heteroatoms. The first-order valence-electron chi connectivity index (χ1n) is 7.81. The Morgan fingerprint density at radius 3 is 2.54 bits per heavy atom. The normalized spacial score (nSPS) is 13.0. The van der Waals surface area contributed by atoms with Crippen molar-refractivity contribution in [2.75, 3.05) is 5.73 Å². The summed E-state index contributed by atoms with van der Waals surface area (Å²) in [5.41, 5.74) is 6.45. The van der Waals surface area contributed by atoms with Crippen LogP contribution in [0, 0.1) is 6.92 Å². The van der Waals surface area contributed by atoms with Gasteiger partial charge in [-0.3, -0.25) is 4.79 Å². The molecule has 0 fully saturated rings. The minimum atomic E-state index is -4.55. The fraction of sp³-hybridized carbons (Fsp3) is 0.222. The number of nitrogens with zero attached hydrogens (tertiary/aromatic N) is 1. The number of carbonyl (C=O) groups excluding carboxylic acids is 1. The lowest BCUT2D eigenvalue weighted by molar-refractivity contribution is -0.141. The first-order valence-corrected chi connectivity index (χ1v) is 8.62. The molecule has 0 aliphatic rings. The molecule has 3 aromatic rings. The predicted molar refractivity (Wildman–Crippen MR) is 96.1 cm³/mol. The lowest BCUT2D eigenvalue weighted by Crippen LogP contribution is -2.26. The van der Waals surface area contributed by atoms with Gasteiger partial charge in [0.15, 0.2) is 0 Å². The second-order valence-electron chi connectivity index (χ2n) is 5.95. The maximum absolute atomic E-state index is 13.0. The van der Waals surface area contributed by atoms with Crippen molar-refractivity contribution in [2.45, 2.75) is 26.1 Å². The Kier molecular flexibility index (Phi) is 4.62. The van der Waals surface area contributed by atoms with E-state index in [2.05, 4.69) is 10.3 Å². The smallest absolute Gasteiger partial charge is 0.397 e. The van der Waals surface area contributed by atoms with E-state index in [1.807, 2.05) is 37.3 Å². The average molecular weight is 379 g/mol. The van der Waals surface area contributed by atoms with Crippen LogP contribution in [0.4, 0.5) is 18.9 Å². The Morgan fingerprint density at radius 1 is 1.27 bits per heavy atom. The van der Waals surface area contributed by atoms with E-state index in [0.717, 1.165) is 23.0 Å². The van der Waals surface area contributed by atoms with E-state index in [4.69, 9.17) is 5.73 Å². The number of hydrogen-bond acceptors (Lipinski definition) is 4. The molecule has 3 N–H and O–H groups in total. The van der Waals surface area contributed by atoms with Crippen molar-refractivity contribution in [1.82, 2.24) is 10.3 Å². The average Bonchev–Trinajstić information content (AvgIpc) is 2.92. The van der Waals surface area contributed by atoms with Gasteiger partial charge in [0.05, 0.1) is 11.7 Å². The van der Waals surface area contributed by atoms with Gasteiger partial charge in [0.1, 0.15) is 15.4 Å². The van der Waals surface area contributed by atoms with E-state index in [1.54, 1.807) is 0 Å². The fourth-order valence-electron chi connectivity index (χ4n) is 2.71. The number of amides is 1. The number of thiophene rings is 1. The molecule has 1 atom stereocenters. The number of hydrogen-bond donors (Lipinski definition) is 2. The van der Waals surface area contributed by atoms with Gasteiger partial charge in [0, 0.05) is 5.39 Å². The van der Waals surface area contributed by atoms with E-state index >= 15 is 0 Å². The summed E-state index contributed by atoms with van der Waals surface area (Å²) in [4.78, 5) is 16.5. The maximum atomic E-state index is 13.0. The van der Waals surface area contributed by atoms with Gasteiger partial charge in [0.25, 0.3) is 5.91 Å². The lowest BCUT2D eigenvalue weighted by atomic mass is 10.1. The molecule has 3 rings (SSSR count). The minimum absolute atomic E-state index is 0.104. The number of aryl methyl sites for hydroxylation is 1. The number of carbonyl (C=O) groups is 1. The van der Waals surface area contributed by atoms with Crippen LogP contribution in [0.5, 0.6) is 0 Å². The van der Waals surface area contributed by atoms with E-state index in [-0.39, 0.29) is 21.4 Å². The van der Waals surface area contributed by atoms with Gasteiger partial charge in [-0.05, 0) is 31.0 Å². The molecule has 2 aromatic heterocycles. The Hall–Kier alpha value is -2.61. The number of nitrogen functional groups attached to an aromatic ring is 1. The number of rotatable bonds is 3. The number of anilines is 1. The van der Waals surface area contributed by atoms with Crippen molar-refractivity contribution in [3.8, 4) is 0 Å². The standard InChI is InChI=1S/C18H16F3N3OS/c1-9-8-12(18(19,20)21)24-17-13(9)14(22)15(26-17)16(25)23-10(2)11-6-4-3-5-7-11/h3-8,10H,22H2,1-2H3,(H,23,25)/t10-/m1/s1. The summed E-state index contributed by atoms with van der Waals surface area (Å²) < 4.78 is 38.9. The number of alkyl halides is 3. The molecular weight excluding hydrogens is 363 g/mol. The molecule has 0 aliphatic heterocycles. The van der Waals surface area contributed by atoms with Gasteiger partial charge in [-0.15, -0.1) is 11.3 Å². The van der Waals surface area contributed by atoms with Crippen LogP contribution >= 0.6 is 11.3 Å². The largest absolute Gasteiger partial charge is 0.433 e. The van der Waals surface area contributed by atoms with Crippen LogP contribution < -0.4 is 11.1 Å². The molecule has 1 amide bonds. The molecule has 26 heavy (non-hydrogen) atoms. The summed E-state index contributed by atoms with van der Waals surface area (Å²) in [6.07, 6.45) is -4.55. The van der Waals surface area contributed by atoms with Crippen LogP contribution in [0.15, 0.2) is 36.4 Å². The number of nitrogens with one attached hydrogen (secondary N) is 1. The predicted octanol–water partition coefficient (Wildman–Crippen LogP) is 4.70. The van der Waals surface area contributed by atoms with Crippen LogP contribution in [0.2, 0.25) is 0 Å². The van der Waals surface area contributed by atoms with Gasteiger partial charge in [0.2, 0.25) is 0 Å². The Bertz CT molecular complexity index is 967. The molecule has 0 radical (unpaired) electrons. The summed E-state index contributed by atoms with van der Waals surface area (Å²) in [5, 5.41) is 3.21. The zero-order chi connectivity index (χ0) is 19.1. The number of nitrogens with two attached hydrogens (primary N) is 1. The molecule has 136 valence electrons. The number of benzene rings is 1. The van der Waals surface area contributed by atoms with Crippen LogP contribution in [-0.4, -0.2) is 10.9 Å². The van der Waals surface area contributed by atoms with Crippen molar-refractivity contribution in [3.63, 3.8) is 0 Å². The second-order valence-corrected chi connectivity index (χ2v) is 6.95. The highest BCUT2D eigenvalue weighted by Gasteiger charge is 2.34. The van der Waals surface area contributed by atoms with Gasteiger partial charge < -0.3 is 11.1 Å². The van der Waals surface area contributed by atoms with E-state index < -0.39 is 17.8 Å². The third-order valence-corrected chi connectivity index (χ3v) is 5.14. The van der Waals surface area contributed by atoms with Crippen LogP contribution in [0.3, 0.4) is 0 Å². The van der Waals surface area contributed by atoms with Crippen molar-refractivity contribution < 1.29 is 18.0 Å². The fourth-order valence-corrected chi connectivity index (χ4v) is 3.79. The third kappa shape index (κ3) is 3.37. The summed E-state index contributed by atoms with van der Waals surface area (Å²) in [5.74, 6) is -0.435. The highest BCUT2D eigenvalue weighted by molar-refractivity contribution is 7.21. The molecule has 4 nitrogen and oxygen atoms in total. The Balaban J connectivity index is 1.96. The zero-order valence-electron chi connectivity index (χ0n) is 14.0. The number of pyridine rings is 1. The van der Waals surface area contributed by atoms with Crippen molar-refractivity contribution >= 4 is 33.1 Å². The molecule has 0 spiro atoms. The van der Waals surface area contributed by atoms with Gasteiger partial charge >= 0.3 is 6.18 Å². The summed E-state index contributed by atoms with van der Waals surface area (Å²) in [6, 6.07) is 10.0. The Morgan fingerprint density at radius 2 is 1.92 bits per heavy atom. The lowest BCUT2D eigenvalue weighted by Gasteiger charge is -2.13. The molecular formula is C18H16F3N3OS. The first-order chi connectivity index (χ1) is 12.2. The molecule has 0 bridgehead atoms. The van der Waals surface area contributed by atoms with E-state index in [9.17, 15) is 18.0 Å². The number of fused-ring (bicyclic) bond motifs is 1. The first kappa shape index (κ1) is 18.2. The van der Waals surface area contributed by atoms with Crippen LogP contribution in [0.25, 0.3) is 10.2 Å². The summed E-state index contributed by atoms with van der Waals surface area (Å²) in [6.45, 7) is 3.35. The Labute approximate surface area is 151 Å². The van der Waals surface area contributed by atoms with E-state index in [1.165, 1.54) is 6.92 Å². The van der Waals surface area contributed by atoms with Crippen LogP contribution in [0.1, 0.15) is 39.5 Å². The molecule has 0 unspecified atom stereocenters. The highest BCUT2D eigenvalue weighted by Crippen LogP contribution is 2.38. The highest BCUT2D eigenvalue weighted by atomic mass is 32.1. The molecule has 1 aromatic carbocycles. The van der Waals surface area contributed by atoms with E-state index in [0.29, 0.717) is 10.9 Å². The third-order valence-electron chi connectivity index (χ3n) is 4.04. The van der Waals surface area contributed by atoms with Gasteiger partial charge in [-0.1, -0.05) is 30.3 Å². The zero-order valence-corrected chi connectivity index (χ0v) is 14.8. The van der Waals surface area contributed by atoms with Crippen molar-refractivity contribution in [3.05, 3.63) is 58.1 Å². The van der Waals surface area contributed by atoms with Gasteiger partial charge in [-0.25, -0.2) is 4.98 Å². The second kappa shape index (κ2) is 6.60. The number of halogens is 3. The maximum Gasteiger partial charge on any atom is 0.433 e. The number of aromatic nitrogens is 1. The van der Waals surface area contributed by atoms with Crippen LogP contribution in [-0.2, 0) is 6.18 Å².